The lowest BCUT2D eigenvalue weighted by atomic mass is 10.1. The third kappa shape index (κ3) is 4.94. The molecule has 1 atom stereocenters. The van der Waals surface area contributed by atoms with Crippen molar-refractivity contribution in [2.24, 2.45) is 10.9 Å². The van der Waals surface area contributed by atoms with Crippen LogP contribution in [0.4, 0.5) is 0 Å². The fraction of sp³-hybridized carbons (Fsp3) is 0.632. The molecule has 2 aliphatic heterocycles. The summed E-state index contributed by atoms with van der Waals surface area (Å²) in [6.45, 7) is 7.40. The minimum atomic E-state index is 0. The van der Waals surface area contributed by atoms with Gasteiger partial charge in [0, 0.05) is 25.7 Å². The molecule has 1 aromatic carbocycles. The Morgan fingerprint density at radius 1 is 1.19 bits per heavy atom. The summed E-state index contributed by atoms with van der Waals surface area (Å²) in [5, 5.41) is 6.87. The molecule has 0 amide bonds. The van der Waals surface area contributed by atoms with E-state index < -0.39 is 0 Å². The topological polar surface area (TPSA) is 58.1 Å². The smallest absolute Gasteiger partial charge is 0.231 e. The van der Waals surface area contributed by atoms with Gasteiger partial charge in [0.1, 0.15) is 0 Å². The molecule has 1 aliphatic carbocycles. The maximum Gasteiger partial charge on any atom is 0.231 e. The zero-order valence-electron chi connectivity index (χ0n) is 15.4. The van der Waals surface area contributed by atoms with Crippen LogP contribution in [0, 0.1) is 5.92 Å². The van der Waals surface area contributed by atoms with Gasteiger partial charge in [-0.1, -0.05) is 6.07 Å². The second kappa shape index (κ2) is 9.12. The molecule has 2 N–H and O–H groups in total. The van der Waals surface area contributed by atoms with Crippen LogP contribution in [-0.4, -0.2) is 49.9 Å². The van der Waals surface area contributed by atoms with Crippen LogP contribution < -0.4 is 20.1 Å². The predicted molar refractivity (Wildman–Crippen MR) is 114 cm³/mol. The highest BCUT2D eigenvalue weighted by Gasteiger charge is 2.34. The average molecular weight is 472 g/mol. The number of hydrogen-bond acceptors (Lipinski definition) is 4. The highest BCUT2D eigenvalue weighted by Crippen LogP contribution is 2.33. The van der Waals surface area contributed by atoms with Gasteiger partial charge in [-0.05, 0) is 56.3 Å². The van der Waals surface area contributed by atoms with E-state index in [9.17, 15) is 0 Å². The summed E-state index contributed by atoms with van der Waals surface area (Å²) in [5.41, 5.74) is 1.13. The van der Waals surface area contributed by atoms with Crippen LogP contribution in [0.5, 0.6) is 11.5 Å². The van der Waals surface area contributed by atoms with Crippen molar-refractivity contribution in [3.8, 4) is 11.5 Å². The molecule has 4 rings (SSSR count). The van der Waals surface area contributed by atoms with Crippen LogP contribution >= 0.6 is 24.0 Å². The van der Waals surface area contributed by atoms with Gasteiger partial charge in [-0.25, -0.2) is 4.99 Å². The van der Waals surface area contributed by atoms with Crippen LogP contribution in [0.25, 0.3) is 0 Å². The molecule has 0 spiro atoms. The van der Waals surface area contributed by atoms with Crippen molar-refractivity contribution < 1.29 is 9.47 Å². The molecule has 2 fully saturated rings. The third-order valence-corrected chi connectivity index (χ3v) is 5.14. The van der Waals surface area contributed by atoms with E-state index in [1.807, 2.05) is 18.2 Å². The maximum atomic E-state index is 5.44. The number of halogens is 1. The standard InChI is InChI=1S/C19H28N4O2.HI/c1-2-20-19(22-11-15-7-8-23(12-15)16-4-5-16)21-10-14-3-6-17-18(9-14)25-13-24-17;/h3,6,9,15-16H,2,4-5,7-8,10-13H2,1H3,(H2,20,21,22);1H. The summed E-state index contributed by atoms with van der Waals surface area (Å²) in [4.78, 5) is 7.38. The fourth-order valence-electron chi connectivity index (χ4n) is 3.59. The lowest BCUT2D eigenvalue weighted by Crippen LogP contribution is -2.40. The maximum absolute atomic E-state index is 5.44. The van der Waals surface area contributed by atoms with Crippen molar-refractivity contribution >= 4 is 29.9 Å². The van der Waals surface area contributed by atoms with Gasteiger partial charge >= 0.3 is 0 Å². The molecule has 2 heterocycles. The predicted octanol–water partition coefficient (Wildman–Crippen LogP) is 2.57. The number of nitrogens with zero attached hydrogens (tertiary/aromatic N) is 2. The van der Waals surface area contributed by atoms with Crippen molar-refractivity contribution in [1.82, 2.24) is 15.5 Å². The first kappa shape index (κ1) is 19.5. The first-order valence-corrected chi connectivity index (χ1v) is 9.46. The average Bonchev–Trinajstić information content (AvgIpc) is 3.19. The highest BCUT2D eigenvalue weighted by molar-refractivity contribution is 14.0. The van der Waals surface area contributed by atoms with E-state index in [-0.39, 0.29) is 24.0 Å². The molecule has 7 heteroatoms. The number of fused-ring (bicyclic) bond motifs is 1. The van der Waals surface area contributed by atoms with E-state index in [0.29, 0.717) is 13.3 Å². The highest BCUT2D eigenvalue weighted by atomic mass is 127. The SMILES string of the molecule is CCNC(=NCc1ccc2c(c1)OCO2)NCC1CCN(C2CC2)C1.I. The minimum Gasteiger partial charge on any atom is -0.454 e. The summed E-state index contributed by atoms with van der Waals surface area (Å²) < 4.78 is 10.8. The lowest BCUT2D eigenvalue weighted by molar-refractivity contribution is 0.174. The number of nitrogens with one attached hydrogen (secondary N) is 2. The Balaban J connectivity index is 0.00000196. The number of hydrogen-bond donors (Lipinski definition) is 2. The van der Waals surface area contributed by atoms with Gasteiger partial charge < -0.3 is 25.0 Å². The summed E-state index contributed by atoms with van der Waals surface area (Å²) in [6.07, 6.45) is 4.10. The van der Waals surface area contributed by atoms with E-state index in [2.05, 4.69) is 22.5 Å². The van der Waals surface area contributed by atoms with Crippen molar-refractivity contribution in [2.45, 2.75) is 38.8 Å². The molecule has 0 bridgehead atoms. The number of guanidine groups is 1. The quantitative estimate of drug-likeness (QED) is 0.379. The molecule has 0 aromatic heterocycles. The Hall–Kier alpha value is -1.22. The molecular weight excluding hydrogens is 443 g/mol. The van der Waals surface area contributed by atoms with Crippen LogP contribution in [0.3, 0.4) is 0 Å². The summed E-state index contributed by atoms with van der Waals surface area (Å²) in [7, 11) is 0. The molecule has 1 aromatic rings. The molecule has 1 unspecified atom stereocenters. The monoisotopic (exact) mass is 472 g/mol. The van der Waals surface area contributed by atoms with Gasteiger partial charge in [-0.15, -0.1) is 24.0 Å². The first-order valence-electron chi connectivity index (χ1n) is 9.46. The van der Waals surface area contributed by atoms with Crippen LogP contribution in [0.2, 0.25) is 0 Å². The van der Waals surface area contributed by atoms with E-state index in [1.165, 1.54) is 32.4 Å². The van der Waals surface area contributed by atoms with Crippen molar-refractivity contribution in [2.75, 3.05) is 33.0 Å². The largest absolute Gasteiger partial charge is 0.454 e. The summed E-state index contributed by atoms with van der Waals surface area (Å²) >= 11 is 0. The Kier molecular flexibility index (Phi) is 6.86. The van der Waals surface area contributed by atoms with Gasteiger partial charge in [0.25, 0.3) is 0 Å². The third-order valence-electron chi connectivity index (χ3n) is 5.14. The normalized spacial score (nSPS) is 22.2. The Labute approximate surface area is 172 Å². The molecule has 26 heavy (non-hydrogen) atoms. The van der Waals surface area contributed by atoms with Gasteiger partial charge in [0.15, 0.2) is 17.5 Å². The van der Waals surface area contributed by atoms with Crippen LogP contribution in [0.1, 0.15) is 31.7 Å². The van der Waals surface area contributed by atoms with E-state index in [0.717, 1.165) is 48.1 Å². The van der Waals surface area contributed by atoms with Gasteiger partial charge in [0.2, 0.25) is 6.79 Å². The molecule has 144 valence electrons. The van der Waals surface area contributed by atoms with Crippen molar-refractivity contribution in [3.05, 3.63) is 23.8 Å². The second-order valence-electron chi connectivity index (χ2n) is 7.14. The van der Waals surface area contributed by atoms with E-state index >= 15 is 0 Å². The van der Waals surface area contributed by atoms with Crippen LogP contribution in [0.15, 0.2) is 23.2 Å². The summed E-state index contributed by atoms with van der Waals surface area (Å²) in [6, 6.07) is 6.90. The molecule has 6 nitrogen and oxygen atoms in total. The first-order chi connectivity index (χ1) is 12.3. The molecule has 3 aliphatic rings. The number of ether oxygens (including phenoxy) is 2. The number of aliphatic imine (C=N–C) groups is 1. The van der Waals surface area contributed by atoms with Crippen molar-refractivity contribution in [1.29, 1.82) is 0 Å². The molecule has 0 radical (unpaired) electrons. The number of rotatable bonds is 6. The Bertz CT molecular complexity index is 636. The zero-order valence-corrected chi connectivity index (χ0v) is 17.7. The van der Waals surface area contributed by atoms with E-state index in [1.54, 1.807) is 0 Å². The van der Waals surface area contributed by atoms with Crippen LogP contribution in [-0.2, 0) is 6.54 Å². The Morgan fingerprint density at radius 2 is 2.04 bits per heavy atom. The van der Waals surface area contributed by atoms with E-state index in [4.69, 9.17) is 14.5 Å². The number of benzene rings is 1. The van der Waals surface area contributed by atoms with Crippen molar-refractivity contribution in [3.63, 3.8) is 0 Å². The van der Waals surface area contributed by atoms with Gasteiger partial charge in [-0.2, -0.15) is 0 Å². The van der Waals surface area contributed by atoms with Gasteiger partial charge in [-0.3, -0.25) is 0 Å². The molecule has 1 saturated heterocycles. The molecule has 1 saturated carbocycles. The lowest BCUT2D eigenvalue weighted by Gasteiger charge is -2.17. The number of likely N-dealkylation sites (tertiary alicyclic amines) is 1. The fourth-order valence-corrected chi connectivity index (χ4v) is 3.59. The minimum absolute atomic E-state index is 0. The Morgan fingerprint density at radius 3 is 2.85 bits per heavy atom. The van der Waals surface area contributed by atoms with Gasteiger partial charge in [0.05, 0.1) is 6.54 Å². The zero-order chi connectivity index (χ0) is 17.1. The molecular formula is C19H29IN4O2. The second-order valence-corrected chi connectivity index (χ2v) is 7.14. The summed E-state index contributed by atoms with van der Waals surface area (Å²) in [5.74, 6) is 3.26.